The first-order valence-electron chi connectivity index (χ1n) is 3.49. The van der Waals surface area contributed by atoms with Gasteiger partial charge in [-0.05, 0) is 13.3 Å². The predicted octanol–water partition coefficient (Wildman–Crippen LogP) is -0.112. The molecule has 0 spiro atoms. The third-order valence-corrected chi connectivity index (χ3v) is 1.82. The van der Waals surface area contributed by atoms with Gasteiger partial charge in [0.05, 0.1) is 12.0 Å². The van der Waals surface area contributed by atoms with E-state index in [1.807, 2.05) is 0 Å². The minimum atomic E-state index is -0.872. The molecule has 0 aromatic rings. The molecule has 0 aliphatic heterocycles. The van der Waals surface area contributed by atoms with Crippen molar-refractivity contribution in [2.24, 2.45) is 5.41 Å². The molecule has 0 aromatic carbocycles. The second kappa shape index (κ2) is 4.31. The first kappa shape index (κ1) is 10.4. The molecule has 11 heavy (non-hydrogen) atoms. The van der Waals surface area contributed by atoms with Gasteiger partial charge in [0.15, 0.2) is 6.79 Å². The summed E-state index contributed by atoms with van der Waals surface area (Å²) < 4.78 is 4.35. The topological polar surface area (TPSA) is 66.8 Å². The van der Waals surface area contributed by atoms with E-state index in [0.717, 1.165) is 0 Å². The molecule has 1 unspecified atom stereocenters. The Bertz CT molecular complexity index is 128. The maximum absolute atomic E-state index is 11.0. The van der Waals surface area contributed by atoms with Crippen molar-refractivity contribution in [2.45, 2.75) is 20.3 Å². The van der Waals surface area contributed by atoms with Gasteiger partial charge in [-0.3, -0.25) is 4.79 Å². The molecule has 0 aliphatic carbocycles. The van der Waals surface area contributed by atoms with E-state index < -0.39 is 18.2 Å². The van der Waals surface area contributed by atoms with Crippen molar-refractivity contribution in [1.82, 2.24) is 0 Å². The lowest BCUT2D eigenvalue weighted by Gasteiger charge is -2.21. The van der Waals surface area contributed by atoms with Gasteiger partial charge in [0.1, 0.15) is 0 Å². The van der Waals surface area contributed by atoms with Crippen LogP contribution >= 0.6 is 0 Å². The molecule has 0 amide bonds. The molecule has 4 nitrogen and oxygen atoms in total. The van der Waals surface area contributed by atoms with Crippen LogP contribution in [0.4, 0.5) is 0 Å². The van der Waals surface area contributed by atoms with Gasteiger partial charge in [-0.1, -0.05) is 6.92 Å². The van der Waals surface area contributed by atoms with Crippen LogP contribution in [-0.4, -0.2) is 29.6 Å². The van der Waals surface area contributed by atoms with Gasteiger partial charge in [0.2, 0.25) is 0 Å². The molecule has 0 rings (SSSR count). The number of hydrogen-bond acceptors (Lipinski definition) is 4. The Kier molecular flexibility index (Phi) is 4.07. The number of carbonyl (C=O) groups excluding carboxylic acids is 1. The number of aliphatic hydroxyl groups excluding tert-OH is 2. The van der Waals surface area contributed by atoms with Crippen LogP contribution in [-0.2, 0) is 9.53 Å². The molecule has 0 aromatic heterocycles. The lowest BCUT2D eigenvalue weighted by molar-refractivity contribution is -0.165. The van der Waals surface area contributed by atoms with Crippen LogP contribution in [0.3, 0.4) is 0 Å². The van der Waals surface area contributed by atoms with E-state index in [0.29, 0.717) is 6.42 Å². The van der Waals surface area contributed by atoms with E-state index in [1.165, 1.54) is 0 Å². The Morgan fingerprint density at radius 3 is 2.36 bits per heavy atom. The highest BCUT2D eigenvalue weighted by atomic mass is 16.6. The molecule has 0 saturated carbocycles. The number of carbonyl (C=O) groups is 1. The Morgan fingerprint density at radius 1 is 1.55 bits per heavy atom. The van der Waals surface area contributed by atoms with Gasteiger partial charge in [0.25, 0.3) is 0 Å². The normalized spacial score (nSPS) is 15.6. The van der Waals surface area contributed by atoms with Crippen molar-refractivity contribution >= 4 is 5.97 Å². The summed E-state index contributed by atoms with van der Waals surface area (Å²) in [4.78, 5) is 11.0. The fraction of sp³-hybridized carbons (Fsp3) is 0.857. The summed E-state index contributed by atoms with van der Waals surface area (Å²) in [7, 11) is 0. The summed E-state index contributed by atoms with van der Waals surface area (Å²) in [5.74, 6) is -0.565. The lowest BCUT2D eigenvalue weighted by Crippen LogP contribution is -2.33. The summed E-state index contributed by atoms with van der Waals surface area (Å²) in [6.45, 7) is 2.47. The smallest absolute Gasteiger partial charge is 0.316 e. The molecule has 0 aliphatic rings. The molecule has 66 valence electrons. The van der Waals surface area contributed by atoms with Crippen LogP contribution in [0.15, 0.2) is 0 Å². The fourth-order valence-electron chi connectivity index (χ4n) is 0.554. The van der Waals surface area contributed by atoms with E-state index in [4.69, 9.17) is 10.2 Å². The van der Waals surface area contributed by atoms with Crippen molar-refractivity contribution in [3.05, 3.63) is 0 Å². The average Bonchev–Trinajstić information content (AvgIpc) is 2.03. The molecular formula is C7H14O4. The Balaban J connectivity index is 4.12. The largest absolute Gasteiger partial charge is 0.438 e. The molecule has 0 saturated heterocycles. The maximum Gasteiger partial charge on any atom is 0.316 e. The van der Waals surface area contributed by atoms with Crippen LogP contribution < -0.4 is 0 Å². The summed E-state index contributed by atoms with van der Waals surface area (Å²) in [5, 5.41) is 17.1. The Hall–Kier alpha value is -0.610. The number of hydrogen-bond donors (Lipinski definition) is 2. The number of rotatable bonds is 4. The maximum atomic E-state index is 11.0. The second-order valence-corrected chi connectivity index (χ2v) is 2.63. The lowest BCUT2D eigenvalue weighted by atomic mass is 9.89. The van der Waals surface area contributed by atoms with Crippen molar-refractivity contribution in [3.8, 4) is 0 Å². The zero-order chi connectivity index (χ0) is 8.91. The standard InChI is InChI=1S/C7H14O4/c1-3-7(2,4-8)6(10)11-5-9/h8-9H,3-5H2,1-2H3. The monoisotopic (exact) mass is 162 g/mol. The van der Waals surface area contributed by atoms with Crippen LogP contribution in [0.5, 0.6) is 0 Å². The molecule has 1 atom stereocenters. The highest BCUT2D eigenvalue weighted by Crippen LogP contribution is 2.21. The van der Waals surface area contributed by atoms with Gasteiger partial charge < -0.3 is 14.9 Å². The van der Waals surface area contributed by atoms with Crippen LogP contribution in [0.25, 0.3) is 0 Å². The van der Waals surface area contributed by atoms with Crippen LogP contribution in [0.2, 0.25) is 0 Å². The van der Waals surface area contributed by atoms with Crippen molar-refractivity contribution in [3.63, 3.8) is 0 Å². The quantitative estimate of drug-likeness (QED) is 0.447. The van der Waals surface area contributed by atoms with Crippen LogP contribution in [0, 0.1) is 5.41 Å². The van der Waals surface area contributed by atoms with E-state index in [1.54, 1.807) is 13.8 Å². The van der Waals surface area contributed by atoms with Crippen molar-refractivity contribution in [2.75, 3.05) is 13.4 Å². The number of esters is 1. The van der Waals surface area contributed by atoms with Crippen LogP contribution in [0.1, 0.15) is 20.3 Å². The zero-order valence-electron chi connectivity index (χ0n) is 6.83. The molecule has 0 radical (unpaired) electrons. The Morgan fingerprint density at radius 2 is 2.09 bits per heavy atom. The SMILES string of the molecule is CCC(C)(CO)C(=O)OCO. The molecule has 0 bridgehead atoms. The van der Waals surface area contributed by atoms with Gasteiger partial charge in [-0.25, -0.2) is 0 Å². The summed E-state index contributed by atoms with van der Waals surface area (Å²) in [6, 6.07) is 0. The first-order chi connectivity index (χ1) is 5.10. The molecule has 2 N–H and O–H groups in total. The zero-order valence-corrected chi connectivity index (χ0v) is 6.83. The third-order valence-electron chi connectivity index (χ3n) is 1.82. The van der Waals surface area contributed by atoms with E-state index >= 15 is 0 Å². The number of aliphatic hydroxyl groups is 2. The van der Waals surface area contributed by atoms with E-state index in [-0.39, 0.29) is 6.61 Å². The number of ether oxygens (including phenoxy) is 1. The van der Waals surface area contributed by atoms with Gasteiger partial charge >= 0.3 is 5.97 Å². The summed E-state index contributed by atoms with van der Waals surface area (Å²) in [5.41, 5.74) is -0.872. The van der Waals surface area contributed by atoms with Crippen molar-refractivity contribution < 1.29 is 19.7 Å². The van der Waals surface area contributed by atoms with Gasteiger partial charge in [-0.15, -0.1) is 0 Å². The van der Waals surface area contributed by atoms with Gasteiger partial charge in [-0.2, -0.15) is 0 Å². The molecule has 4 heteroatoms. The van der Waals surface area contributed by atoms with Crippen molar-refractivity contribution in [1.29, 1.82) is 0 Å². The average molecular weight is 162 g/mol. The summed E-state index contributed by atoms with van der Waals surface area (Å²) in [6.07, 6.45) is 0.488. The molecular weight excluding hydrogens is 148 g/mol. The van der Waals surface area contributed by atoms with Gasteiger partial charge in [0, 0.05) is 0 Å². The fourth-order valence-corrected chi connectivity index (χ4v) is 0.554. The summed E-state index contributed by atoms with van der Waals surface area (Å²) >= 11 is 0. The molecule has 0 fully saturated rings. The van der Waals surface area contributed by atoms with E-state index in [2.05, 4.69) is 4.74 Å². The minimum Gasteiger partial charge on any atom is -0.438 e. The first-order valence-corrected chi connectivity index (χ1v) is 3.49. The second-order valence-electron chi connectivity index (χ2n) is 2.63. The predicted molar refractivity (Wildman–Crippen MR) is 38.7 cm³/mol. The van der Waals surface area contributed by atoms with E-state index in [9.17, 15) is 4.79 Å². The highest BCUT2D eigenvalue weighted by Gasteiger charge is 2.31. The Labute approximate surface area is 65.8 Å². The minimum absolute atomic E-state index is 0.262. The third kappa shape index (κ3) is 2.48. The molecule has 0 heterocycles. The highest BCUT2D eigenvalue weighted by molar-refractivity contribution is 5.76.